The van der Waals surface area contributed by atoms with E-state index in [2.05, 4.69) is 20.6 Å². The van der Waals surface area contributed by atoms with Gasteiger partial charge in [-0.1, -0.05) is 0 Å². The third-order valence-corrected chi connectivity index (χ3v) is 2.45. The summed E-state index contributed by atoms with van der Waals surface area (Å²) in [6.07, 6.45) is 2.62. The number of rotatable bonds is 0. The largest absolute Gasteiger partial charge is 0.380 e. The molecular weight excluding hydrogens is 244 g/mol. The summed E-state index contributed by atoms with van der Waals surface area (Å²) < 4.78 is 5.34. The fraction of sp³-hybridized carbons (Fsp3) is 0.500. The van der Waals surface area contributed by atoms with Crippen molar-refractivity contribution in [3.63, 3.8) is 0 Å². The van der Waals surface area contributed by atoms with Gasteiger partial charge in [0.15, 0.2) is 5.82 Å². The maximum atomic E-state index is 11.6. The monoisotopic (exact) mass is 256 g/mol. The molecule has 92 valence electrons. The van der Waals surface area contributed by atoms with Gasteiger partial charge in [-0.25, -0.2) is 4.98 Å². The molecule has 2 heterocycles. The molecule has 0 aromatic carbocycles. The van der Waals surface area contributed by atoms with E-state index in [-0.39, 0.29) is 11.2 Å². The number of amides is 1. The van der Waals surface area contributed by atoms with Gasteiger partial charge >= 0.3 is 0 Å². The van der Waals surface area contributed by atoms with Crippen molar-refractivity contribution in [3.8, 4) is 0 Å². The molecule has 0 saturated heterocycles. The summed E-state index contributed by atoms with van der Waals surface area (Å²) in [6, 6.07) is 0. The summed E-state index contributed by atoms with van der Waals surface area (Å²) in [6.45, 7) is 1.75. The first-order valence-electron chi connectivity index (χ1n) is 5.40. The zero-order valence-corrected chi connectivity index (χ0v) is 9.96. The predicted molar refractivity (Wildman–Crippen MR) is 64.2 cm³/mol. The Bertz CT molecular complexity index is 413. The van der Waals surface area contributed by atoms with Gasteiger partial charge in [0.1, 0.15) is 5.69 Å². The molecule has 0 atom stereocenters. The molecule has 1 aromatic heterocycles. The molecule has 2 rings (SSSR count). The quantitative estimate of drug-likeness (QED) is 0.684. The first kappa shape index (κ1) is 12.1. The second-order valence-corrected chi connectivity index (χ2v) is 3.93. The van der Waals surface area contributed by atoms with Crippen molar-refractivity contribution < 1.29 is 9.53 Å². The highest BCUT2D eigenvalue weighted by Crippen LogP contribution is 2.20. The van der Waals surface area contributed by atoms with Crippen LogP contribution in [0.5, 0.6) is 0 Å². The van der Waals surface area contributed by atoms with Crippen LogP contribution in [-0.4, -0.2) is 35.6 Å². The van der Waals surface area contributed by atoms with Gasteiger partial charge in [-0.15, -0.1) is 0 Å². The van der Waals surface area contributed by atoms with E-state index in [1.54, 1.807) is 0 Å². The van der Waals surface area contributed by atoms with Gasteiger partial charge < -0.3 is 15.4 Å². The van der Waals surface area contributed by atoms with E-state index in [9.17, 15) is 4.79 Å². The van der Waals surface area contributed by atoms with Crippen molar-refractivity contribution in [1.29, 1.82) is 0 Å². The number of carbonyl (C=O) groups is 1. The topological polar surface area (TPSA) is 76.1 Å². The fourth-order valence-electron chi connectivity index (χ4n) is 1.48. The number of fused-ring (bicyclic) bond motifs is 1. The minimum atomic E-state index is -0.0792. The van der Waals surface area contributed by atoms with Crippen molar-refractivity contribution in [1.82, 2.24) is 9.97 Å². The standard InChI is InChI=1S/C10H13ClN4O2/c11-10-13-6-7-9(15-10)12-3-5-17-4-1-2-8(16)14-7/h6H,1-5H2,(H,14,16)(H,12,13,15). The van der Waals surface area contributed by atoms with Crippen LogP contribution >= 0.6 is 11.6 Å². The molecule has 1 amide bonds. The van der Waals surface area contributed by atoms with E-state index in [1.807, 2.05) is 0 Å². The van der Waals surface area contributed by atoms with Crippen LogP contribution in [0.3, 0.4) is 0 Å². The Hall–Kier alpha value is -1.40. The zero-order valence-electron chi connectivity index (χ0n) is 9.20. The molecule has 6 nitrogen and oxygen atoms in total. The third kappa shape index (κ3) is 3.54. The number of aromatic nitrogens is 2. The lowest BCUT2D eigenvalue weighted by Gasteiger charge is -2.10. The molecule has 1 aliphatic heterocycles. The lowest BCUT2D eigenvalue weighted by atomic mass is 10.3. The van der Waals surface area contributed by atoms with Crippen LogP contribution in [0.4, 0.5) is 11.5 Å². The molecule has 0 radical (unpaired) electrons. The molecule has 0 saturated carbocycles. The predicted octanol–water partition coefficient (Wildman–Crippen LogP) is 1.29. The fourth-order valence-corrected chi connectivity index (χ4v) is 1.61. The minimum Gasteiger partial charge on any atom is -0.380 e. The maximum absolute atomic E-state index is 11.6. The average molecular weight is 257 g/mol. The number of ether oxygens (including phenoxy) is 1. The van der Waals surface area contributed by atoms with Gasteiger partial charge in [0, 0.05) is 19.6 Å². The summed E-state index contributed by atoms with van der Waals surface area (Å²) in [7, 11) is 0. The van der Waals surface area contributed by atoms with E-state index >= 15 is 0 Å². The second-order valence-electron chi connectivity index (χ2n) is 3.59. The van der Waals surface area contributed by atoms with Gasteiger partial charge in [-0.2, -0.15) is 4.98 Å². The summed E-state index contributed by atoms with van der Waals surface area (Å²) in [5, 5.41) is 5.93. The Kier molecular flexibility index (Phi) is 4.11. The van der Waals surface area contributed by atoms with Crippen LogP contribution in [0.25, 0.3) is 0 Å². The van der Waals surface area contributed by atoms with Gasteiger partial charge in [-0.3, -0.25) is 4.79 Å². The normalized spacial score (nSPS) is 17.4. The van der Waals surface area contributed by atoms with Crippen molar-refractivity contribution in [2.24, 2.45) is 0 Å². The Morgan fingerprint density at radius 3 is 3.18 bits per heavy atom. The first-order chi connectivity index (χ1) is 8.25. The Morgan fingerprint density at radius 2 is 2.29 bits per heavy atom. The number of hydrogen-bond acceptors (Lipinski definition) is 5. The van der Waals surface area contributed by atoms with Crippen LogP contribution in [0.2, 0.25) is 5.28 Å². The van der Waals surface area contributed by atoms with Gasteiger partial charge in [0.05, 0.1) is 12.8 Å². The molecule has 0 aliphatic carbocycles. The second kappa shape index (κ2) is 5.79. The molecule has 0 fully saturated rings. The molecule has 1 aliphatic rings. The van der Waals surface area contributed by atoms with Crippen LogP contribution < -0.4 is 10.6 Å². The van der Waals surface area contributed by atoms with Crippen molar-refractivity contribution >= 4 is 29.0 Å². The van der Waals surface area contributed by atoms with E-state index in [0.717, 1.165) is 0 Å². The molecular formula is C10H13ClN4O2. The van der Waals surface area contributed by atoms with Crippen LogP contribution in [0.1, 0.15) is 12.8 Å². The average Bonchev–Trinajstić information content (AvgIpc) is 2.34. The van der Waals surface area contributed by atoms with E-state index in [0.29, 0.717) is 44.1 Å². The number of hydrogen-bond donors (Lipinski definition) is 2. The Balaban J connectivity index is 2.19. The molecule has 0 spiro atoms. The summed E-state index contributed by atoms with van der Waals surface area (Å²) >= 11 is 5.71. The van der Waals surface area contributed by atoms with Gasteiger partial charge in [0.25, 0.3) is 0 Å². The number of carbonyl (C=O) groups excluding carboxylic acids is 1. The van der Waals surface area contributed by atoms with Crippen LogP contribution in [-0.2, 0) is 9.53 Å². The number of halogens is 1. The Labute approximate surface area is 104 Å². The van der Waals surface area contributed by atoms with Gasteiger partial charge in [0.2, 0.25) is 11.2 Å². The zero-order chi connectivity index (χ0) is 12.1. The Morgan fingerprint density at radius 1 is 1.41 bits per heavy atom. The summed E-state index contributed by atoms with van der Waals surface area (Å²) in [4.78, 5) is 19.4. The van der Waals surface area contributed by atoms with E-state index in [4.69, 9.17) is 16.3 Å². The van der Waals surface area contributed by atoms with Crippen molar-refractivity contribution in [2.45, 2.75) is 12.8 Å². The van der Waals surface area contributed by atoms with Crippen LogP contribution in [0, 0.1) is 0 Å². The maximum Gasteiger partial charge on any atom is 0.224 e. The molecule has 1 aromatic rings. The highest BCUT2D eigenvalue weighted by molar-refractivity contribution is 6.28. The first-order valence-corrected chi connectivity index (χ1v) is 5.77. The summed E-state index contributed by atoms with van der Waals surface area (Å²) in [5.74, 6) is 0.438. The lowest BCUT2D eigenvalue weighted by molar-refractivity contribution is -0.116. The molecule has 7 heteroatoms. The van der Waals surface area contributed by atoms with Crippen molar-refractivity contribution in [3.05, 3.63) is 11.5 Å². The smallest absolute Gasteiger partial charge is 0.224 e. The number of nitrogens with one attached hydrogen (secondary N) is 2. The molecule has 2 N–H and O–H groups in total. The van der Waals surface area contributed by atoms with E-state index in [1.165, 1.54) is 6.20 Å². The van der Waals surface area contributed by atoms with Crippen LogP contribution in [0.15, 0.2) is 6.20 Å². The molecule has 0 unspecified atom stereocenters. The van der Waals surface area contributed by atoms with Crippen molar-refractivity contribution in [2.75, 3.05) is 30.4 Å². The highest BCUT2D eigenvalue weighted by Gasteiger charge is 2.10. The molecule has 17 heavy (non-hydrogen) atoms. The van der Waals surface area contributed by atoms with Gasteiger partial charge in [-0.05, 0) is 18.0 Å². The molecule has 0 bridgehead atoms. The highest BCUT2D eigenvalue weighted by atomic mass is 35.5. The minimum absolute atomic E-state index is 0.0792. The SMILES string of the molecule is O=C1CCCOCCNc2nc(Cl)ncc2N1. The number of nitrogens with zero attached hydrogens (tertiary/aromatic N) is 2. The lowest BCUT2D eigenvalue weighted by Crippen LogP contribution is -2.14. The third-order valence-electron chi connectivity index (χ3n) is 2.26. The van der Waals surface area contributed by atoms with E-state index < -0.39 is 0 Å². The number of anilines is 2. The summed E-state index contributed by atoms with van der Waals surface area (Å²) in [5.41, 5.74) is 0.543.